The van der Waals surface area contributed by atoms with Crippen molar-refractivity contribution in [2.45, 2.75) is 20.0 Å². The summed E-state index contributed by atoms with van der Waals surface area (Å²) in [4.78, 5) is 1.42. The molecule has 0 bridgehead atoms. The molecule has 0 atom stereocenters. The molecule has 0 radical (unpaired) electrons. The Bertz CT molecular complexity index is 653. The van der Waals surface area contributed by atoms with Crippen molar-refractivity contribution >= 4 is 11.3 Å². The monoisotopic (exact) mass is 283 g/mol. The molecule has 2 aromatic heterocycles. The third kappa shape index (κ3) is 2.98. The van der Waals surface area contributed by atoms with Crippen molar-refractivity contribution in [2.75, 3.05) is 0 Å². The van der Waals surface area contributed by atoms with Crippen LogP contribution in [-0.4, -0.2) is 10.2 Å². The first-order valence-corrected chi connectivity index (χ1v) is 7.53. The molecule has 0 fully saturated rings. The Labute approximate surface area is 122 Å². The molecule has 0 aliphatic rings. The van der Waals surface area contributed by atoms with E-state index in [1.807, 2.05) is 17.4 Å². The summed E-state index contributed by atoms with van der Waals surface area (Å²) in [6.07, 6.45) is 1.77. The van der Waals surface area contributed by atoms with Gasteiger partial charge in [-0.25, -0.2) is 0 Å². The van der Waals surface area contributed by atoms with Crippen molar-refractivity contribution in [2.24, 2.45) is 0 Å². The largest absolute Gasteiger partial charge is 0.308 e. The van der Waals surface area contributed by atoms with E-state index in [1.165, 1.54) is 21.6 Å². The van der Waals surface area contributed by atoms with Crippen LogP contribution in [0.25, 0.3) is 11.3 Å². The molecule has 3 rings (SSSR count). The molecule has 20 heavy (non-hydrogen) atoms. The Balaban J connectivity index is 1.57. The summed E-state index contributed by atoms with van der Waals surface area (Å²) >= 11 is 1.81. The van der Waals surface area contributed by atoms with E-state index in [2.05, 4.69) is 58.1 Å². The van der Waals surface area contributed by atoms with Gasteiger partial charge in [-0.3, -0.25) is 5.10 Å². The van der Waals surface area contributed by atoms with Crippen LogP contribution in [0.3, 0.4) is 0 Å². The standard InChI is InChI=1S/C16H17N3S/c1-12-7-9-20-16(12)11-17-10-13-2-4-14(5-3-13)15-6-8-18-19-15/h2-9,17H,10-11H2,1H3,(H,18,19). The molecule has 0 unspecified atom stereocenters. The molecule has 2 heterocycles. The molecule has 0 aliphatic heterocycles. The van der Waals surface area contributed by atoms with Crippen LogP contribution < -0.4 is 5.32 Å². The van der Waals surface area contributed by atoms with E-state index in [0.29, 0.717) is 0 Å². The highest BCUT2D eigenvalue weighted by Gasteiger charge is 2.01. The van der Waals surface area contributed by atoms with E-state index >= 15 is 0 Å². The fourth-order valence-electron chi connectivity index (χ4n) is 2.12. The number of thiophene rings is 1. The lowest BCUT2D eigenvalue weighted by Crippen LogP contribution is -2.12. The highest BCUT2D eigenvalue weighted by Crippen LogP contribution is 2.17. The molecule has 0 saturated carbocycles. The molecule has 0 amide bonds. The molecule has 0 spiro atoms. The molecule has 3 nitrogen and oxygen atoms in total. The number of nitrogens with one attached hydrogen (secondary N) is 2. The van der Waals surface area contributed by atoms with Gasteiger partial charge >= 0.3 is 0 Å². The summed E-state index contributed by atoms with van der Waals surface area (Å²) in [5.74, 6) is 0. The molecule has 1 aromatic carbocycles. The average molecular weight is 283 g/mol. The van der Waals surface area contributed by atoms with Crippen molar-refractivity contribution in [3.05, 3.63) is 64.0 Å². The molecule has 0 saturated heterocycles. The summed E-state index contributed by atoms with van der Waals surface area (Å²) in [7, 11) is 0. The van der Waals surface area contributed by atoms with Crippen LogP contribution in [-0.2, 0) is 13.1 Å². The molecule has 0 aliphatic carbocycles. The topological polar surface area (TPSA) is 40.7 Å². The second kappa shape index (κ2) is 6.03. The van der Waals surface area contributed by atoms with Gasteiger partial charge < -0.3 is 5.32 Å². The number of nitrogens with zero attached hydrogens (tertiary/aromatic N) is 1. The van der Waals surface area contributed by atoms with Crippen LogP contribution in [0.1, 0.15) is 16.0 Å². The van der Waals surface area contributed by atoms with Crippen LogP contribution in [0.2, 0.25) is 0 Å². The maximum atomic E-state index is 3.97. The van der Waals surface area contributed by atoms with Gasteiger partial charge in [-0.05, 0) is 41.1 Å². The molecule has 3 aromatic rings. The first-order valence-electron chi connectivity index (χ1n) is 6.65. The maximum Gasteiger partial charge on any atom is 0.0650 e. The Morgan fingerprint density at radius 3 is 2.60 bits per heavy atom. The van der Waals surface area contributed by atoms with Crippen LogP contribution in [0, 0.1) is 6.92 Å². The van der Waals surface area contributed by atoms with E-state index < -0.39 is 0 Å². The smallest absolute Gasteiger partial charge is 0.0650 e. The Kier molecular flexibility index (Phi) is 3.95. The fraction of sp³-hybridized carbons (Fsp3) is 0.188. The number of H-pyrrole nitrogens is 1. The number of benzene rings is 1. The van der Waals surface area contributed by atoms with Crippen LogP contribution in [0.5, 0.6) is 0 Å². The summed E-state index contributed by atoms with van der Waals surface area (Å²) in [5.41, 5.74) is 4.89. The Hall–Kier alpha value is -1.91. The number of hydrogen-bond acceptors (Lipinski definition) is 3. The number of hydrogen-bond donors (Lipinski definition) is 2. The first-order chi connectivity index (χ1) is 9.83. The Morgan fingerprint density at radius 2 is 1.95 bits per heavy atom. The highest BCUT2D eigenvalue weighted by molar-refractivity contribution is 7.10. The lowest BCUT2D eigenvalue weighted by molar-refractivity contribution is 0.699. The molecular formula is C16H17N3S. The van der Waals surface area contributed by atoms with Gasteiger partial charge in [0, 0.05) is 24.2 Å². The number of aromatic amines is 1. The van der Waals surface area contributed by atoms with Crippen molar-refractivity contribution in [1.82, 2.24) is 15.5 Å². The molecule has 4 heteroatoms. The lowest BCUT2D eigenvalue weighted by Gasteiger charge is -2.05. The van der Waals surface area contributed by atoms with Crippen molar-refractivity contribution in [3.8, 4) is 11.3 Å². The van der Waals surface area contributed by atoms with Gasteiger partial charge in [-0.1, -0.05) is 24.3 Å². The minimum Gasteiger partial charge on any atom is -0.308 e. The van der Waals surface area contributed by atoms with E-state index in [9.17, 15) is 0 Å². The van der Waals surface area contributed by atoms with Gasteiger partial charge in [0.1, 0.15) is 0 Å². The number of rotatable bonds is 5. The third-order valence-corrected chi connectivity index (χ3v) is 4.37. The zero-order chi connectivity index (χ0) is 13.8. The van der Waals surface area contributed by atoms with Gasteiger partial charge in [-0.2, -0.15) is 5.10 Å². The molecule has 2 N–H and O–H groups in total. The zero-order valence-corrected chi connectivity index (χ0v) is 12.2. The highest BCUT2D eigenvalue weighted by atomic mass is 32.1. The quantitative estimate of drug-likeness (QED) is 0.749. The van der Waals surface area contributed by atoms with E-state index in [-0.39, 0.29) is 0 Å². The van der Waals surface area contributed by atoms with E-state index in [1.54, 1.807) is 6.20 Å². The van der Waals surface area contributed by atoms with Gasteiger partial charge in [0.15, 0.2) is 0 Å². The summed E-state index contributed by atoms with van der Waals surface area (Å²) < 4.78 is 0. The normalized spacial score (nSPS) is 10.8. The predicted octanol–water partition coefficient (Wildman–Crippen LogP) is 3.74. The summed E-state index contributed by atoms with van der Waals surface area (Å²) in [6.45, 7) is 3.99. The average Bonchev–Trinajstić information content (AvgIpc) is 3.12. The van der Waals surface area contributed by atoms with E-state index in [0.717, 1.165) is 18.8 Å². The first kappa shape index (κ1) is 13.1. The maximum absolute atomic E-state index is 3.97. The minimum absolute atomic E-state index is 0.889. The number of aryl methyl sites for hydroxylation is 1. The minimum atomic E-state index is 0.889. The van der Waals surface area contributed by atoms with Gasteiger partial charge in [0.25, 0.3) is 0 Å². The fourth-order valence-corrected chi connectivity index (χ4v) is 3.00. The van der Waals surface area contributed by atoms with E-state index in [4.69, 9.17) is 0 Å². The third-order valence-electron chi connectivity index (χ3n) is 3.35. The molecule has 102 valence electrons. The molecular weight excluding hydrogens is 266 g/mol. The van der Waals surface area contributed by atoms with Crippen LogP contribution >= 0.6 is 11.3 Å². The van der Waals surface area contributed by atoms with Crippen molar-refractivity contribution in [1.29, 1.82) is 0 Å². The van der Waals surface area contributed by atoms with Crippen LogP contribution in [0.15, 0.2) is 48.0 Å². The lowest BCUT2D eigenvalue weighted by atomic mass is 10.1. The van der Waals surface area contributed by atoms with Crippen molar-refractivity contribution < 1.29 is 0 Å². The number of aromatic nitrogens is 2. The van der Waals surface area contributed by atoms with Gasteiger partial charge in [0.05, 0.1) is 5.69 Å². The van der Waals surface area contributed by atoms with Gasteiger partial charge in [0.2, 0.25) is 0 Å². The zero-order valence-electron chi connectivity index (χ0n) is 11.4. The SMILES string of the molecule is Cc1ccsc1CNCc1ccc(-c2ccn[nH]2)cc1. The van der Waals surface area contributed by atoms with Crippen LogP contribution in [0.4, 0.5) is 0 Å². The second-order valence-electron chi connectivity index (χ2n) is 4.80. The predicted molar refractivity (Wildman–Crippen MR) is 83.6 cm³/mol. The van der Waals surface area contributed by atoms with Crippen molar-refractivity contribution in [3.63, 3.8) is 0 Å². The Morgan fingerprint density at radius 1 is 1.10 bits per heavy atom. The summed E-state index contributed by atoms with van der Waals surface area (Å²) in [6, 6.07) is 12.7. The second-order valence-corrected chi connectivity index (χ2v) is 5.80. The van der Waals surface area contributed by atoms with Gasteiger partial charge in [-0.15, -0.1) is 11.3 Å². The summed E-state index contributed by atoms with van der Waals surface area (Å²) in [5, 5.41) is 12.6.